The number of rotatable bonds is 9. The number of pyridine rings is 1. The molecule has 0 aliphatic carbocycles. The number of β-amino-alcohol motifs (C(OH)–C–C–N with tert-alkyl or cyclic N) is 1. The third-order valence-electron chi connectivity index (χ3n) is 4.29. The van der Waals surface area contributed by atoms with Crippen LogP contribution in [0, 0.1) is 0 Å². The summed E-state index contributed by atoms with van der Waals surface area (Å²) in [7, 11) is 0. The first kappa shape index (κ1) is 18.8. The Morgan fingerprint density at radius 2 is 1.96 bits per heavy atom. The standard InChI is InChI=1S/C20H27N3O3/c24-19(15-23-7-9-25-10-8-23)16-26-20-5-1-3-17(11-20)12-22-14-18-4-2-6-21-13-18/h1-6,11,13,19,22,24H,7-10,12,14-16H2. The average Bonchev–Trinajstić information content (AvgIpc) is 2.68. The molecule has 2 heterocycles. The molecule has 1 unspecified atom stereocenters. The number of benzene rings is 1. The molecular weight excluding hydrogens is 330 g/mol. The number of hydrogen-bond donors (Lipinski definition) is 2. The summed E-state index contributed by atoms with van der Waals surface area (Å²) in [6, 6.07) is 12.0. The SMILES string of the molecule is OC(COc1cccc(CNCc2cccnc2)c1)CN1CCOCC1. The Morgan fingerprint density at radius 1 is 1.15 bits per heavy atom. The van der Waals surface area contributed by atoms with Crippen molar-refractivity contribution in [3.63, 3.8) is 0 Å². The fraction of sp³-hybridized carbons (Fsp3) is 0.450. The molecule has 1 atom stereocenters. The zero-order valence-electron chi connectivity index (χ0n) is 15.0. The number of hydrogen-bond acceptors (Lipinski definition) is 6. The van der Waals surface area contributed by atoms with E-state index in [2.05, 4.69) is 27.3 Å². The van der Waals surface area contributed by atoms with Crippen molar-refractivity contribution >= 4 is 0 Å². The molecule has 0 radical (unpaired) electrons. The second-order valence-corrected chi connectivity index (χ2v) is 6.49. The van der Waals surface area contributed by atoms with E-state index < -0.39 is 6.10 Å². The van der Waals surface area contributed by atoms with E-state index in [1.165, 1.54) is 0 Å². The molecular formula is C20H27N3O3. The Kier molecular flexibility index (Phi) is 7.39. The second-order valence-electron chi connectivity index (χ2n) is 6.49. The minimum absolute atomic E-state index is 0.296. The van der Waals surface area contributed by atoms with Crippen molar-refractivity contribution in [1.29, 1.82) is 0 Å². The first-order chi connectivity index (χ1) is 12.8. The van der Waals surface area contributed by atoms with Crippen molar-refractivity contribution in [2.45, 2.75) is 19.2 Å². The molecule has 1 aromatic heterocycles. The number of nitrogens with zero attached hydrogens (tertiary/aromatic N) is 2. The van der Waals surface area contributed by atoms with Crippen molar-refractivity contribution in [3.8, 4) is 5.75 Å². The molecule has 140 valence electrons. The Balaban J connectivity index is 1.40. The van der Waals surface area contributed by atoms with Crippen molar-refractivity contribution in [2.24, 2.45) is 0 Å². The molecule has 6 heteroatoms. The van der Waals surface area contributed by atoms with Crippen LogP contribution >= 0.6 is 0 Å². The van der Waals surface area contributed by atoms with Gasteiger partial charge >= 0.3 is 0 Å². The van der Waals surface area contributed by atoms with Gasteiger partial charge < -0.3 is 19.9 Å². The molecule has 1 aliphatic rings. The molecule has 1 aromatic carbocycles. The van der Waals surface area contributed by atoms with Crippen LogP contribution in [0.15, 0.2) is 48.8 Å². The van der Waals surface area contributed by atoms with E-state index in [1.807, 2.05) is 30.5 Å². The molecule has 0 spiro atoms. The molecule has 1 fully saturated rings. The highest BCUT2D eigenvalue weighted by molar-refractivity contribution is 5.28. The molecule has 26 heavy (non-hydrogen) atoms. The average molecular weight is 357 g/mol. The maximum absolute atomic E-state index is 10.2. The van der Waals surface area contributed by atoms with Crippen LogP contribution in [0.3, 0.4) is 0 Å². The van der Waals surface area contributed by atoms with Crippen LogP contribution in [0.1, 0.15) is 11.1 Å². The van der Waals surface area contributed by atoms with E-state index >= 15 is 0 Å². The van der Waals surface area contributed by atoms with E-state index in [0.29, 0.717) is 13.2 Å². The Bertz CT molecular complexity index is 648. The fourth-order valence-corrected chi connectivity index (χ4v) is 2.93. The van der Waals surface area contributed by atoms with Crippen molar-refractivity contribution in [2.75, 3.05) is 39.5 Å². The van der Waals surface area contributed by atoms with Crippen LogP contribution in [0.5, 0.6) is 5.75 Å². The maximum atomic E-state index is 10.2. The van der Waals surface area contributed by atoms with Crippen LogP contribution in [-0.2, 0) is 17.8 Å². The molecule has 2 aromatic rings. The second kappa shape index (κ2) is 10.2. The lowest BCUT2D eigenvalue weighted by molar-refractivity contribution is 0.00465. The predicted molar refractivity (Wildman–Crippen MR) is 100.0 cm³/mol. The lowest BCUT2D eigenvalue weighted by Gasteiger charge is -2.28. The van der Waals surface area contributed by atoms with E-state index in [4.69, 9.17) is 9.47 Å². The topological polar surface area (TPSA) is 66.9 Å². The first-order valence-corrected chi connectivity index (χ1v) is 9.09. The number of aliphatic hydroxyl groups excluding tert-OH is 1. The van der Waals surface area contributed by atoms with Gasteiger partial charge in [0.15, 0.2) is 0 Å². The summed E-state index contributed by atoms with van der Waals surface area (Å²) in [5.74, 6) is 0.784. The molecule has 6 nitrogen and oxygen atoms in total. The van der Waals surface area contributed by atoms with Crippen molar-refractivity contribution < 1.29 is 14.6 Å². The lowest BCUT2D eigenvalue weighted by Crippen LogP contribution is -2.42. The highest BCUT2D eigenvalue weighted by Gasteiger charge is 2.15. The smallest absolute Gasteiger partial charge is 0.119 e. The lowest BCUT2D eigenvalue weighted by atomic mass is 10.2. The number of nitrogens with one attached hydrogen (secondary N) is 1. The third kappa shape index (κ3) is 6.38. The maximum Gasteiger partial charge on any atom is 0.119 e. The number of morpholine rings is 1. The minimum atomic E-state index is -0.500. The van der Waals surface area contributed by atoms with Crippen LogP contribution in [0.25, 0.3) is 0 Å². The Labute approximate surface area is 154 Å². The highest BCUT2D eigenvalue weighted by atomic mass is 16.5. The van der Waals surface area contributed by atoms with Gasteiger partial charge in [-0.25, -0.2) is 0 Å². The molecule has 1 saturated heterocycles. The zero-order valence-corrected chi connectivity index (χ0v) is 15.0. The van der Waals surface area contributed by atoms with Gasteiger partial charge in [0.05, 0.1) is 13.2 Å². The molecule has 3 rings (SSSR count). The number of aliphatic hydroxyl groups is 1. The van der Waals surface area contributed by atoms with Crippen LogP contribution in [-0.4, -0.2) is 60.5 Å². The van der Waals surface area contributed by atoms with Crippen molar-refractivity contribution in [1.82, 2.24) is 15.2 Å². The van der Waals surface area contributed by atoms with Crippen molar-refractivity contribution in [3.05, 3.63) is 59.9 Å². The van der Waals surface area contributed by atoms with Gasteiger partial charge in [0, 0.05) is 45.1 Å². The summed E-state index contributed by atoms with van der Waals surface area (Å²) >= 11 is 0. The largest absolute Gasteiger partial charge is 0.491 e. The first-order valence-electron chi connectivity index (χ1n) is 9.09. The minimum Gasteiger partial charge on any atom is -0.491 e. The Morgan fingerprint density at radius 3 is 2.77 bits per heavy atom. The fourth-order valence-electron chi connectivity index (χ4n) is 2.93. The predicted octanol–water partition coefficient (Wildman–Crippen LogP) is 1.44. The van der Waals surface area contributed by atoms with Gasteiger partial charge in [-0.1, -0.05) is 18.2 Å². The summed E-state index contributed by atoms with van der Waals surface area (Å²) in [6.45, 7) is 5.66. The summed E-state index contributed by atoms with van der Waals surface area (Å²) in [5.41, 5.74) is 2.31. The van der Waals surface area contributed by atoms with E-state index in [1.54, 1.807) is 6.20 Å². The summed E-state index contributed by atoms with van der Waals surface area (Å²) < 4.78 is 11.1. The number of aromatic nitrogens is 1. The molecule has 0 amide bonds. The van der Waals surface area contributed by atoms with Crippen LogP contribution in [0.4, 0.5) is 0 Å². The van der Waals surface area contributed by atoms with Gasteiger partial charge in [0.25, 0.3) is 0 Å². The van der Waals surface area contributed by atoms with Gasteiger partial charge in [0.1, 0.15) is 18.5 Å². The van der Waals surface area contributed by atoms with Gasteiger partial charge in [-0.2, -0.15) is 0 Å². The van der Waals surface area contributed by atoms with Gasteiger partial charge in [0.2, 0.25) is 0 Å². The van der Waals surface area contributed by atoms with Crippen LogP contribution < -0.4 is 10.1 Å². The summed E-state index contributed by atoms with van der Waals surface area (Å²) in [4.78, 5) is 6.32. The van der Waals surface area contributed by atoms with Gasteiger partial charge in [-0.3, -0.25) is 9.88 Å². The van der Waals surface area contributed by atoms with Gasteiger partial charge in [-0.15, -0.1) is 0 Å². The Hall–Kier alpha value is -1.99. The quantitative estimate of drug-likeness (QED) is 0.708. The molecule has 0 saturated carbocycles. The molecule has 0 bridgehead atoms. The third-order valence-corrected chi connectivity index (χ3v) is 4.29. The molecule has 2 N–H and O–H groups in total. The van der Waals surface area contributed by atoms with E-state index in [9.17, 15) is 5.11 Å². The molecule has 1 aliphatic heterocycles. The normalized spacial score (nSPS) is 16.3. The highest BCUT2D eigenvalue weighted by Crippen LogP contribution is 2.14. The van der Waals surface area contributed by atoms with E-state index in [-0.39, 0.29) is 0 Å². The monoisotopic (exact) mass is 357 g/mol. The van der Waals surface area contributed by atoms with E-state index in [0.717, 1.165) is 56.3 Å². The summed E-state index contributed by atoms with van der Waals surface area (Å²) in [6.07, 6.45) is 3.14. The number of ether oxygens (including phenoxy) is 2. The van der Waals surface area contributed by atoms with Gasteiger partial charge in [-0.05, 0) is 29.3 Å². The summed E-state index contributed by atoms with van der Waals surface area (Å²) in [5, 5.41) is 13.6. The van der Waals surface area contributed by atoms with Crippen LogP contribution in [0.2, 0.25) is 0 Å². The zero-order chi connectivity index (χ0) is 18.0.